The molecule has 4 heterocycles. The van der Waals surface area contributed by atoms with Crippen molar-refractivity contribution in [3.05, 3.63) is 101 Å². The lowest BCUT2D eigenvalue weighted by Crippen LogP contribution is -2.68. The fourth-order valence-corrected chi connectivity index (χ4v) is 7.26. The first-order valence-electron chi connectivity index (χ1n) is 13.3. The van der Waals surface area contributed by atoms with Crippen LogP contribution in [0.2, 0.25) is 5.02 Å². The van der Waals surface area contributed by atoms with Crippen LogP contribution in [-0.4, -0.2) is 42.7 Å². The molecule has 2 aliphatic heterocycles. The number of rotatable bonds is 8. The molecule has 2 fully saturated rings. The Balaban J connectivity index is 1.06. The van der Waals surface area contributed by atoms with Crippen molar-refractivity contribution in [2.24, 2.45) is 0 Å². The number of hydrogen-bond donors (Lipinski definition) is 1. The molecule has 7 nitrogen and oxygen atoms in total. The van der Waals surface area contributed by atoms with Crippen LogP contribution in [0.25, 0.3) is 22.2 Å². The minimum atomic E-state index is -0.669. The van der Waals surface area contributed by atoms with Crippen LogP contribution in [-0.2, 0) is 24.0 Å². The van der Waals surface area contributed by atoms with E-state index in [0.29, 0.717) is 23.1 Å². The Bertz CT molecular complexity index is 1790. The average molecular weight is 589 g/mol. The van der Waals surface area contributed by atoms with Crippen molar-refractivity contribution in [1.82, 2.24) is 14.9 Å². The summed E-state index contributed by atoms with van der Waals surface area (Å²) in [5.41, 5.74) is 3.16. The standard InChI is InChI=1S/C31H26ClFN4O3S/c32-26-14-23(5-8-29(26)39-16-20-2-1-3-22(33)12-20)36-30-25-13-21(4-7-27(25)34-19-35-30)28-9-6-24(40-28)15-37-17-31(18-37)10-11-41(31)38/h1-9,12-14,19H,10-11,15-18H2,(H,34,35,36). The van der Waals surface area contributed by atoms with E-state index < -0.39 is 10.8 Å². The number of fused-ring (bicyclic) bond motifs is 1. The molecule has 1 N–H and O–H groups in total. The molecule has 2 aromatic heterocycles. The third-order valence-corrected chi connectivity index (χ3v) is 9.99. The van der Waals surface area contributed by atoms with Gasteiger partial charge in [-0.25, -0.2) is 14.4 Å². The minimum Gasteiger partial charge on any atom is -0.487 e. The largest absolute Gasteiger partial charge is 0.487 e. The molecule has 7 rings (SSSR count). The van der Waals surface area contributed by atoms with Gasteiger partial charge in [0.25, 0.3) is 0 Å². The Labute approximate surface area is 243 Å². The molecule has 10 heteroatoms. The van der Waals surface area contributed by atoms with E-state index in [0.717, 1.165) is 64.5 Å². The van der Waals surface area contributed by atoms with Gasteiger partial charge in [-0.1, -0.05) is 23.7 Å². The minimum absolute atomic E-state index is 0.0393. The zero-order chi connectivity index (χ0) is 28.0. The summed E-state index contributed by atoms with van der Waals surface area (Å²) in [5.74, 6) is 3.31. The van der Waals surface area contributed by atoms with Crippen molar-refractivity contribution in [2.45, 2.75) is 24.3 Å². The molecule has 2 aliphatic rings. The topological polar surface area (TPSA) is 80.5 Å². The van der Waals surface area contributed by atoms with E-state index in [1.807, 2.05) is 36.4 Å². The zero-order valence-electron chi connectivity index (χ0n) is 22.0. The summed E-state index contributed by atoms with van der Waals surface area (Å²) in [6, 6.07) is 21.6. The Morgan fingerprint density at radius 2 is 1.98 bits per heavy atom. The molecule has 5 aromatic rings. The number of aromatic nitrogens is 2. The fraction of sp³-hybridized carbons (Fsp3) is 0.226. The van der Waals surface area contributed by atoms with Gasteiger partial charge in [0.1, 0.15) is 41.8 Å². The van der Waals surface area contributed by atoms with Crippen molar-refractivity contribution in [3.63, 3.8) is 0 Å². The molecule has 0 radical (unpaired) electrons. The second-order valence-electron chi connectivity index (χ2n) is 10.5. The van der Waals surface area contributed by atoms with Crippen LogP contribution in [0.4, 0.5) is 15.9 Å². The van der Waals surface area contributed by atoms with Crippen LogP contribution in [0.3, 0.4) is 0 Å². The van der Waals surface area contributed by atoms with Gasteiger partial charge in [-0.15, -0.1) is 0 Å². The maximum absolute atomic E-state index is 13.5. The van der Waals surface area contributed by atoms with Crippen LogP contribution in [0, 0.1) is 5.82 Å². The highest BCUT2D eigenvalue weighted by Gasteiger charge is 2.53. The van der Waals surface area contributed by atoms with Gasteiger partial charge in [0, 0.05) is 46.3 Å². The van der Waals surface area contributed by atoms with E-state index in [4.69, 9.17) is 20.8 Å². The number of nitrogens with zero attached hydrogens (tertiary/aromatic N) is 3. The van der Waals surface area contributed by atoms with Crippen LogP contribution in [0.15, 0.2) is 83.5 Å². The van der Waals surface area contributed by atoms with Gasteiger partial charge in [-0.05, 0) is 72.6 Å². The third kappa shape index (κ3) is 5.21. The summed E-state index contributed by atoms with van der Waals surface area (Å²) < 4.78 is 37.5. The second-order valence-corrected chi connectivity index (χ2v) is 12.9. The molecule has 1 unspecified atom stereocenters. The predicted octanol–water partition coefficient (Wildman–Crippen LogP) is 6.71. The molecular formula is C31H26ClFN4O3S. The van der Waals surface area contributed by atoms with Gasteiger partial charge in [0.2, 0.25) is 0 Å². The van der Waals surface area contributed by atoms with Crippen molar-refractivity contribution < 1.29 is 17.8 Å². The molecule has 41 heavy (non-hydrogen) atoms. The van der Waals surface area contributed by atoms with Gasteiger partial charge < -0.3 is 14.5 Å². The van der Waals surface area contributed by atoms with E-state index in [2.05, 4.69) is 20.2 Å². The lowest BCUT2D eigenvalue weighted by Gasteiger charge is -2.54. The lowest BCUT2D eigenvalue weighted by molar-refractivity contribution is 0.0950. The molecule has 1 spiro atoms. The number of likely N-dealkylation sites (tertiary alicyclic amines) is 1. The average Bonchev–Trinajstić information content (AvgIpc) is 3.42. The highest BCUT2D eigenvalue weighted by atomic mass is 35.5. The zero-order valence-corrected chi connectivity index (χ0v) is 23.6. The van der Waals surface area contributed by atoms with E-state index in [9.17, 15) is 8.60 Å². The Morgan fingerprint density at radius 1 is 1.07 bits per heavy atom. The molecule has 3 aromatic carbocycles. The van der Waals surface area contributed by atoms with E-state index >= 15 is 0 Å². The van der Waals surface area contributed by atoms with Crippen LogP contribution >= 0.6 is 11.6 Å². The second kappa shape index (κ2) is 10.6. The van der Waals surface area contributed by atoms with Gasteiger partial charge in [-0.2, -0.15) is 0 Å². The summed E-state index contributed by atoms with van der Waals surface area (Å²) in [5, 5.41) is 4.60. The Morgan fingerprint density at radius 3 is 2.76 bits per heavy atom. The van der Waals surface area contributed by atoms with Crippen LogP contribution < -0.4 is 10.1 Å². The predicted molar refractivity (Wildman–Crippen MR) is 158 cm³/mol. The highest BCUT2D eigenvalue weighted by molar-refractivity contribution is 7.88. The van der Waals surface area contributed by atoms with Crippen LogP contribution in [0.5, 0.6) is 5.75 Å². The van der Waals surface area contributed by atoms with Gasteiger partial charge in [0.05, 0.1) is 21.8 Å². The first-order chi connectivity index (χ1) is 19.9. The van der Waals surface area contributed by atoms with Crippen molar-refractivity contribution in [3.8, 4) is 17.1 Å². The molecule has 1 atom stereocenters. The van der Waals surface area contributed by atoms with Gasteiger partial charge in [0.15, 0.2) is 0 Å². The fourth-order valence-electron chi connectivity index (χ4n) is 5.42. The molecule has 208 valence electrons. The smallest absolute Gasteiger partial charge is 0.141 e. The summed E-state index contributed by atoms with van der Waals surface area (Å²) in [4.78, 5) is 11.2. The summed E-state index contributed by atoms with van der Waals surface area (Å²) in [6.45, 7) is 2.67. The summed E-state index contributed by atoms with van der Waals surface area (Å²) in [6.07, 6.45) is 2.58. The van der Waals surface area contributed by atoms with Crippen molar-refractivity contribution >= 4 is 44.8 Å². The number of hydrogen-bond acceptors (Lipinski definition) is 7. The molecule has 2 saturated heterocycles. The number of ether oxygens (including phenoxy) is 1. The quantitative estimate of drug-likeness (QED) is 0.216. The van der Waals surface area contributed by atoms with Gasteiger partial charge >= 0.3 is 0 Å². The number of nitrogens with one attached hydrogen (secondary N) is 1. The molecule has 0 amide bonds. The first-order valence-corrected chi connectivity index (χ1v) is 15.0. The molecule has 0 saturated carbocycles. The lowest BCUT2D eigenvalue weighted by atomic mass is 9.94. The normalized spacial score (nSPS) is 17.8. The number of halogens is 2. The van der Waals surface area contributed by atoms with Crippen molar-refractivity contribution in [2.75, 3.05) is 24.2 Å². The van der Waals surface area contributed by atoms with Gasteiger partial charge in [-0.3, -0.25) is 9.11 Å². The summed E-state index contributed by atoms with van der Waals surface area (Å²) in [7, 11) is -0.669. The Kier molecular flexibility index (Phi) is 6.73. The number of benzene rings is 3. The first kappa shape index (κ1) is 26.1. The molecule has 0 bridgehead atoms. The molecule has 0 aliphatic carbocycles. The SMILES string of the molecule is O=S1CCC12CN(Cc1ccc(-c3ccc4ncnc(Nc5ccc(OCc6cccc(F)c6)c(Cl)c5)c4c3)o1)C2. The maximum Gasteiger partial charge on any atom is 0.141 e. The van der Waals surface area contributed by atoms with E-state index in [-0.39, 0.29) is 17.2 Å². The van der Waals surface area contributed by atoms with Crippen LogP contribution in [0.1, 0.15) is 17.7 Å². The highest BCUT2D eigenvalue weighted by Crippen LogP contribution is 2.40. The number of anilines is 2. The van der Waals surface area contributed by atoms with E-state index in [1.54, 1.807) is 24.3 Å². The third-order valence-electron chi connectivity index (χ3n) is 7.69. The van der Waals surface area contributed by atoms with Crippen molar-refractivity contribution in [1.29, 1.82) is 0 Å². The number of furan rings is 1. The van der Waals surface area contributed by atoms with E-state index in [1.165, 1.54) is 18.5 Å². The summed E-state index contributed by atoms with van der Waals surface area (Å²) >= 11 is 6.50. The maximum atomic E-state index is 13.5. The molecular weight excluding hydrogens is 563 g/mol. The Hall–Kier alpha value is -3.79. The monoisotopic (exact) mass is 588 g/mol.